The average molecular weight is 344 g/mol. The Kier molecular flexibility index (Phi) is 7.07. The first-order valence-electron chi connectivity index (χ1n) is 8.34. The van der Waals surface area contributed by atoms with Crippen LogP contribution in [0.25, 0.3) is 0 Å². The molecule has 1 heterocycles. The maximum atomic E-state index is 12.4. The van der Waals surface area contributed by atoms with E-state index in [1.165, 1.54) is 0 Å². The number of nitrogens with zero attached hydrogens (tertiary/aromatic N) is 1. The summed E-state index contributed by atoms with van der Waals surface area (Å²) in [5.74, 6) is 1.59. The van der Waals surface area contributed by atoms with Crippen molar-refractivity contribution in [3.8, 4) is 17.4 Å². The van der Waals surface area contributed by atoms with Crippen molar-refractivity contribution in [2.75, 3.05) is 20.3 Å². The number of nitrogens with one attached hydrogen (secondary N) is 1. The van der Waals surface area contributed by atoms with E-state index in [4.69, 9.17) is 14.2 Å². The number of methoxy groups -OCH3 is 1. The molecule has 134 valence electrons. The average Bonchev–Trinajstić information content (AvgIpc) is 2.65. The summed E-state index contributed by atoms with van der Waals surface area (Å²) in [5, 5.41) is 2.87. The summed E-state index contributed by atoms with van der Waals surface area (Å²) in [6.07, 6.45) is 2.58. The van der Waals surface area contributed by atoms with Gasteiger partial charge in [0, 0.05) is 24.4 Å². The molecule has 0 saturated heterocycles. The van der Waals surface area contributed by atoms with E-state index in [0.717, 1.165) is 12.0 Å². The van der Waals surface area contributed by atoms with Crippen LogP contribution in [-0.2, 0) is 6.54 Å². The lowest BCUT2D eigenvalue weighted by molar-refractivity contribution is 0.0950. The second-order valence-corrected chi connectivity index (χ2v) is 5.33. The Hall–Kier alpha value is -2.76. The van der Waals surface area contributed by atoms with Crippen LogP contribution < -0.4 is 19.5 Å². The number of pyridine rings is 1. The molecule has 25 heavy (non-hydrogen) atoms. The Morgan fingerprint density at radius 2 is 1.96 bits per heavy atom. The van der Waals surface area contributed by atoms with E-state index in [-0.39, 0.29) is 5.91 Å². The lowest BCUT2D eigenvalue weighted by Crippen LogP contribution is -2.23. The van der Waals surface area contributed by atoms with Crippen LogP contribution in [0.15, 0.2) is 36.5 Å². The minimum atomic E-state index is -0.182. The number of amides is 1. The molecule has 0 fully saturated rings. The van der Waals surface area contributed by atoms with Crippen LogP contribution in [0.5, 0.6) is 17.4 Å². The lowest BCUT2D eigenvalue weighted by atomic mass is 10.1. The van der Waals surface area contributed by atoms with Gasteiger partial charge in [0.2, 0.25) is 5.88 Å². The molecule has 6 nitrogen and oxygen atoms in total. The molecule has 0 saturated carbocycles. The zero-order valence-corrected chi connectivity index (χ0v) is 14.9. The van der Waals surface area contributed by atoms with Gasteiger partial charge in [-0.3, -0.25) is 4.79 Å². The highest BCUT2D eigenvalue weighted by Gasteiger charge is 2.11. The summed E-state index contributed by atoms with van der Waals surface area (Å²) in [7, 11) is 1.56. The molecule has 6 heteroatoms. The van der Waals surface area contributed by atoms with Crippen molar-refractivity contribution in [1.29, 1.82) is 0 Å². The van der Waals surface area contributed by atoms with Crippen LogP contribution in [0.2, 0.25) is 0 Å². The predicted molar refractivity (Wildman–Crippen MR) is 95.4 cm³/mol. The Labute approximate surface area is 148 Å². The van der Waals surface area contributed by atoms with E-state index >= 15 is 0 Å². The fourth-order valence-corrected chi connectivity index (χ4v) is 2.17. The molecule has 0 bridgehead atoms. The zero-order chi connectivity index (χ0) is 18.1. The molecule has 2 rings (SSSR count). The first kappa shape index (κ1) is 18.6. The summed E-state index contributed by atoms with van der Waals surface area (Å²) < 4.78 is 16.2. The molecule has 0 spiro atoms. The van der Waals surface area contributed by atoms with E-state index in [9.17, 15) is 4.79 Å². The smallest absolute Gasteiger partial charge is 0.251 e. The van der Waals surface area contributed by atoms with Gasteiger partial charge >= 0.3 is 0 Å². The molecule has 0 aliphatic carbocycles. The molecule has 0 atom stereocenters. The number of carbonyl (C=O) groups excluding carboxylic acids is 1. The SMILES string of the molecule is CCCOc1ccc(C(=O)NCc2ccc(OC)nc2)cc1OCC. The van der Waals surface area contributed by atoms with Crippen LogP contribution in [0, 0.1) is 0 Å². The number of benzene rings is 1. The van der Waals surface area contributed by atoms with Crippen molar-refractivity contribution < 1.29 is 19.0 Å². The van der Waals surface area contributed by atoms with Crippen LogP contribution in [0.1, 0.15) is 36.2 Å². The summed E-state index contributed by atoms with van der Waals surface area (Å²) in [5.41, 5.74) is 1.41. The van der Waals surface area contributed by atoms with Crippen molar-refractivity contribution in [2.24, 2.45) is 0 Å². The minimum Gasteiger partial charge on any atom is -0.490 e. The molecule has 0 unspecified atom stereocenters. The summed E-state index contributed by atoms with van der Waals surface area (Å²) in [6, 6.07) is 8.82. The third-order valence-corrected chi connectivity index (χ3v) is 3.43. The van der Waals surface area contributed by atoms with Gasteiger partial charge in [-0.05, 0) is 37.1 Å². The molecular formula is C19H24N2O4. The maximum absolute atomic E-state index is 12.4. The first-order valence-corrected chi connectivity index (χ1v) is 8.34. The van der Waals surface area contributed by atoms with Crippen LogP contribution in [-0.4, -0.2) is 31.2 Å². The summed E-state index contributed by atoms with van der Waals surface area (Å²) >= 11 is 0. The lowest BCUT2D eigenvalue weighted by Gasteiger charge is -2.13. The largest absolute Gasteiger partial charge is 0.490 e. The second kappa shape index (κ2) is 9.52. The predicted octanol–water partition coefficient (Wildman–Crippen LogP) is 3.21. The van der Waals surface area contributed by atoms with E-state index in [1.807, 2.05) is 19.9 Å². The highest BCUT2D eigenvalue weighted by Crippen LogP contribution is 2.28. The molecule has 0 radical (unpaired) electrons. The molecule has 1 aromatic heterocycles. The molecular weight excluding hydrogens is 320 g/mol. The summed E-state index contributed by atoms with van der Waals surface area (Å²) in [6.45, 7) is 5.43. The van der Waals surface area contributed by atoms with Crippen molar-refractivity contribution in [1.82, 2.24) is 10.3 Å². The number of ether oxygens (including phenoxy) is 3. The Morgan fingerprint density at radius 3 is 2.60 bits per heavy atom. The van der Waals surface area contributed by atoms with Crippen molar-refractivity contribution >= 4 is 5.91 Å². The Bertz CT molecular complexity index is 686. The molecule has 1 N–H and O–H groups in total. The Morgan fingerprint density at radius 1 is 1.12 bits per heavy atom. The standard InChI is InChI=1S/C19H24N2O4/c1-4-10-25-16-8-7-15(11-17(16)24-5-2)19(22)21-13-14-6-9-18(23-3)20-12-14/h6-9,11-12H,4-5,10,13H2,1-3H3,(H,21,22). The van der Waals surface area contributed by atoms with Gasteiger partial charge in [0.1, 0.15) is 0 Å². The first-order chi connectivity index (χ1) is 12.2. The highest BCUT2D eigenvalue weighted by molar-refractivity contribution is 5.94. The van der Waals surface area contributed by atoms with E-state index in [0.29, 0.717) is 42.7 Å². The maximum Gasteiger partial charge on any atom is 0.251 e. The third kappa shape index (κ3) is 5.38. The monoisotopic (exact) mass is 344 g/mol. The number of carbonyl (C=O) groups is 1. The van der Waals surface area contributed by atoms with Gasteiger partial charge in [0.25, 0.3) is 5.91 Å². The second-order valence-electron chi connectivity index (χ2n) is 5.33. The molecule has 1 amide bonds. The molecule has 0 aliphatic heterocycles. The topological polar surface area (TPSA) is 69.7 Å². The van der Waals surface area contributed by atoms with Gasteiger partial charge in [0.05, 0.1) is 20.3 Å². The quantitative estimate of drug-likeness (QED) is 0.756. The van der Waals surface area contributed by atoms with Crippen LogP contribution in [0.3, 0.4) is 0 Å². The number of hydrogen-bond acceptors (Lipinski definition) is 5. The summed E-state index contributed by atoms with van der Waals surface area (Å²) in [4.78, 5) is 16.5. The zero-order valence-electron chi connectivity index (χ0n) is 14.9. The van der Waals surface area contributed by atoms with Crippen molar-refractivity contribution in [3.05, 3.63) is 47.7 Å². The fraction of sp³-hybridized carbons (Fsp3) is 0.368. The minimum absolute atomic E-state index is 0.182. The van der Waals surface area contributed by atoms with E-state index < -0.39 is 0 Å². The van der Waals surface area contributed by atoms with Gasteiger partial charge in [0.15, 0.2) is 11.5 Å². The van der Waals surface area contributed by atoms with Gasteiger partial charge < -0.3 is 19.5 Å². The third-order valence-electron chi connectivity index (χ3n) is 3.43. The fourth-order valence-electron chi connectivity index (χ4n) is 2.17. The highest BCUT2D eigenvalue weighted by atomic mass is 16.5. The van der Waals surface area contributed by atoms with Gasteiger partial charge in [-0.1, -0.05) is 13.0 Å². The van der Waals surface area contributed by atoms with E-state index in [2.05, 4.69) is 10.3 Å². The molecule has 2 aromatic rings. The molecule has 0 aliphatic rings. The normalized spacial score (nSPS) is 10.2. The number of rotatable bonds is 9. The van der Waals surface area contributed by atoms with Crippen LogP contribution >= 0.6 is 0 Å². The van der Waals surface area contributed by atoms with Crippen LogP contribution in [0.4, 0.5) is 0 Å². The molecule has 1 aromatic carbocycles. The van der Waals surface area contributed by atoms with Crippen molar-refractivity contribution in [2.45, 2.75) is 26.8 Å². The van der Waals surface area contributed by atoms with Crippen molar-refractivity contribution in [3.63, 3.8) is 0 Å². The Balaban J connectivity index is 2.03. The number of hydrogen-bond donors (Lipinski definition) is 1. The number of aromatic nitrogens is 1. The van der Waals surface area contributed by atoms with Gasteiger partial charge in [-0.2, -0.15) is 0 Å². The van der Waals surface area contributed by atoms with Gasteiger partial charge in [-0.15, -0.1) is 0 Å². The van der Waals surface area contributed by atoms with E-state index in [1.54, 1.807) is 37.6 Å². The van der Waals surface area contributed by atoms with Gasteiger partial charge in [-0.25, -0.2) is 4.98 Å².